The minimum Gasteiger partial charge on any atom is -0.339 e. The van der Waals surface area contributed by atoms with E-state index in [-0.39, 0.29) is 11.8 Å². The van der Waals surface area contributed by atoms with Gasteiger partial charge in [-0.05, 0) is 66.9 Å². The first-order valence-corrected chi connectivity index (χ1v) is 11.5. The maximum Gasteiger partial charge on any atom is 0.256 e. The van der Waals surface area contributed by atoms with E-state index in [1.807, 2.05) is 67.2 Å². The average Bonchev–Trinajstić information content (AvgIpc) is 3.39. The summed E-state index contributed by atoms with van der Waals surface area (Å²) in [6.07, 6.45) is 3.69. The fraction of sp³-hybridized carbons (Fsp3) is 0.179. The zero-order chi connectivity index (χ0) is 23.9. The number of hydrogen-bond acceptors (Lipinski definition) is 3. The zero-order valence-corrected chi connectivity index (χ0v) is 19.4. The van der Waals surface area contributed by atoms with Gasteiger partial charge < -0.3 is 10.2 Å². The fourth-order valence-electron chi connectivity index (χ4n) is 3.89. The molecule has 0 saturated carbocycles. The Kier molecular flexibility index (Phi) is 7.18. The van der Waals surface area contributed by atoms with Crippen molar-refractivity contribution in [1.82, 2.24) is 14.7 Å². The Bertz CT molecular complexity index is 1240. The lowest BCUT2D eigenvalue weighted by Gasteiger charge is -2.18. The molecule has 0 fully saturated rings. The lowest BCUT2D eigenvalue weighted by molar-refractivity contribution is 0.0773. The Morgan fingerprint density at radius 3 is 2.24 bits per heavy atom. The van der Waals surface area contributed by atoms with Gasteiger partial charge in [0.2, 0.25) is 0 Å². The second kappa shape index (κ2) is 10.6. The van der Waals surface area contributed by atoms with Crippen LogP contribution in [0.2, 0.25) is 0 Å². The van der Waals surface area contributed by atoms with Crippen molar-refractivity contribution in [3.05, 3.63) is 108 Å². The van der Waals surface area contributed by atoms with Crippen molar-refractivity contribution in [3.63, 3.8) is 0 Å². The normalized spacial score (nSPS) is 10.6. The maximum absolute atomic E-state index is 13.1. The van der Waals surface area contributed by atoms with E-state index in [1.165, 1.54) is 0 Å². The molecule has 0 atom stereocenters. The third-order valence-electron chi connectivity index (χ3n) is 5.78. The van der Waals surface area contributed by atoms with Gasteiger partial charge in [-0.25, -0.2) is 0 Å². The molecule has 0 aliphatic heterocycles. The van der Waals surface area contributed by atoms with Crippen LogP contribution in [0.25, 0.3) is 11.1 Å². The summed E-state index contributed by atoms with van der Waals surface area (Å²) in [4.78, 5) is 27.4. The molecule has 34 heavy (non-hydrogen) atoms. The predicted octanol–water partition coefficient (Wildman–Crippen LogP) is 5.33. The standard InChI is InChI=1S/C28H28N4O2/c1-3-31(4-2)28(34)23-14-16-24(17-15-23)30-27(33)26-9-6-5-8-25(26)22-12-10-21(11-13-22)20-32-19-7-18-29-32/h5-19H,3-4,20H2,1-2H3,(H,30,33). The summed E-state index contributed by atoms with van der Waals surface area (Å²) in [6, 6.07) is 24.6. The summed E-state index contributed by atoms with van der Waals surface area (Å²) < 4.78 is 1.87. The highest BCUT2D eigenvalue weighted by molar-refractivity contribution is 6.09. The first kappa shape index (κ1) is 23.0. The number of carbonyl (C=O) groups excluding carboxylic acids is 2. The first-order chi connectivity index (χ1) is 16.6. The molecular formula is C28H28N4O2. The van der Waals surface area contributed by atoms with Crippen LogP contribution in [0.15, 0.2) is 91.3 Å². The Morgan fingerprint density at radius 2 is 1.59 bits per heavy atom. The van der Waals surface area contributed by atoms with Crippen LogP contribution in [-0.2, 0) is 6.54 Å². The molecule has 1 aromatic heterocycles. The summed E-state index contributed by atoms with van der Waals surface area (Å²) in [5, 5.41) is 7.20. The number of anilines is 1. The highest BCUT2D eigenvalue weighted by Crippen LogP contribution is 2.25. The van der Waals surface area contributed by atoms with E-state index in [0.717, 1.165) is 16.7 Å². The summed E-state index contributed by atoms with van der Waals surface area (Å²) in [5.74, 6) is -0.205. The molecule has 0 spiro atoms. The van der Waals surface area contributed by atoms with Crippen molar-refractivity contribution in [1.29, 1.82) is 0 Å². The van der Waals surface area contributed by atoms with Gasteiger partial charge >= 0.3 is 0 Å². The number of benzene rings is 3. The molecule has 0 unspecified atom stereocenters. The minimum absolute atomic E-state index is 0.00998. The third kappa shape index (κ3) is 5.23. The van der Waals surface area contributed by atoms with Gasteiger partial charge in [-0.15, -0.1) is 0 Å². The SMILES string of the molecule is CCN(CC)C(=O)c1ccc(NC(=O)c2ccccc2-c2ccc(Cn3cccn3)cc2)cc1. The smallest absolute Gasteiger partial charge is 0.256 e. The minimum atomic E-state index is -0.195. The molecule has 0 aliphatic rings. The number of carbonyl (C=O) groups is 2. The molecule has 0 bridgehead atoms. The molecule has 0 radical (unpaired) electrons. The molecule has 2 amide bonds. The monoisotopic (exact) mass is 452 g/mol. The van der Waals surface area contributed by atoms with Crippen LogP contribution >= 0.6 is 0 Å². The topological polar surface area (TPSA) is 67.2 Å². The number of nitrogens with one attached hydrogen (secondary N) is 1. The van der Waals surface area contributed by atoms with Gasteiger partial charge in [0.15, 0.2) is 0 Å². The van der Waals surface area contributed by atoms with Gasteiger partial charge in [0, 0.05) is 42.3 Å². The number of amides is 2. The number of hydrogen-bond donors (Lipinski definition) is 1. The van der Waals surface area contributed by atoms with Crippen molar-refractivity contribution < 1.29 is 9.59 Å². The van der Waals surface area contributed by atoms with Crippen molar-refractivity contribution in [2.45, 2.75) is 20.4 Å². The summed E-state index contributed by atoms with van der Waals surface area (Å²) >= 11 is 0. The van der Waals surface area contributed by atoms with E-state index in [2.05, 4.69) is 22.5 Å². The molecule has 4 aromatic rings. The number of nitrogens with zero attached hydrogens (tertiary/aromatic N) is 3. The van der Waals surface area contributed by atoms with Crippen LogP contribution in [-0.4, -0.2) is 39.6 Å². The highest BCUT2D eigenvalue weighted by Gasteiger charge is 2.15. The summed E-state index contributed by atoms with van der Waals surface area (Å²) in [5.41, 5.74) is 4.80. The second-order valence-corrected chi connectivity index (χ2v) is 7.96. The molecule has 6 heteroatoms. The Labute approximate surface area is 199 Å². The van der Waals surface area contributed by atoms with Crippen LogP contribution in [0.5, 0.6) is 0 Å². The van der Waals surface area contributed by atoms with Crippen LogP contribution in [0.4, 0.5) is 5.69 Å². The van der Waals surface area contributed by atoms with Gasteiger partial charge in [-0.1, -0.05) is 42.5 Å². The van der Waals surface area contributed by atoms with E-state index in [9.17, 15) is 9.59 Å². The van der Waals surface area contributed by atoms with E-state index in [4.69, 9.17) is 0 Å². The van der Waals surface area contributed by atoms with Gasteiger partial charge in [0.05, 0.1) is 6.54 Å². The van der Waals surface area contributed by atoms with Gasteiger partial charge in [-0.3, -0.25) is 14.3 Å². The molecule has 0 saturated heterocycles. The highest BCUT2D eigenvalue weighted by atomic mass is 16.2. The fourth-order valence-corrected chi connectivity index (χ4v) is 3.89. The Morgan fingerprint density at radius 1 is 0.882 bits per heavy atom. The lowest BCUT2D eigenvalue weighted by atomic mass is 9.98. The lowest BCUT2D eigenvalue weighted by Crippen LogP contribution is -2.30. The van der Waals surface area contributed by atoms with Crippen molar-refractivity contribution in [2.75, 3.05) is 18.4 Å². The maximum atomic E-state index is 13.1. The largest absolute Gasteiger partial charge is 0.339 e. The molecule has 1 heterocycles. The van der Waals surface area contributed by atoms with Crippen molar-refractivity contribution >= 4 is 17.5 Å². The van der Waals surface area contributed by atoms with Crippen molar-refractivity contribution in [3.8, 4) is 11.1 Å². The summed E-state index contributed by atoms with van der Waals surface area (Å²) in [7, 11) is 0. The van der Waals surface area contributed by atoms with Crippen LogP contribution in [0.1, 0.15) is 40.1 Å². The van der Waals surface area contributed by atoms with E-state index >= 15 is 0 Å². The van der Waals surface area contributed by atoms with Crippen LogP contribution < -0.4 is 5.32 Å². The molecule has 6 nitrogen and oxygen atoms in total. The summed E-state index contributed by atoms with van der Waals surface area (Å²) in [6.45, 7) is 5.94. The Hall–Kier alpha value is -4.19. The molecule has 0 aliphatic carbocycles. The van der Waals surface area contributed by atoms with Gasteiger partial charge in [0.25, 0.3) is 11.8 Å². The van der Waals surface area contributed by atoms with Gasteiger partial charge in [-0.2, -0.15) is 5.10 Å². The average molecular weight is 453 g/mol. The quantitative estimate of drug-likeness (QED) is 0.393. The molecular weight excluding hydrogens is 424 g/mol. The number of rotatable bonds is 8. The molecule has 3 aromatic carbocycles. The van der Waals surface area contributed by atoms with E-state index < -0.39 is 0 Å². The molecule has 172 valence electrons. The predicted molar refractivity (Wildman–Crippen MR) is 135 cm³/mol. The van der Waals surface area contributed by atoms with Gasteiger partial charge in [0.1, 0.15) is 0 Å². The van der Waals surface area contributed by atoms with E-state index in [0.29, 0.717) is 36.4 Å². The third-order valence-corrected chi connectivity index (χ3v) is 5.78. The second-order valence-electron chi connectivity index (χ2n) is 7.96. The van der Waals surface area contributed by atoms with Crippen LogP contribution in [0.3, 0.4) is 0 Å². The van der Waals surface area contributed by atoms with Crippen molar-refractivity contribution in [2.24, 2.45) is 0 Å². The Balaban J connectivity index is 1.49. The first-order valence-electron chi connectivity index (χ1n) is 11.5. The number of aromatic nitrogens is 2. The van der Waals surface area contributed by atoms with E-state index in [1.54, 1.807) is 35.4 Å². The molecule has 1 N–H and O–H groups in total. The van der Waals surface area contributed by atoms with Crippen LogP contribution in [0, 0.1) is 0 Å². The zero-order valence-electron chi connectivity index (χ0n) is 19.4. The molecule has 4 rings (SSSR count).